The number of hydrogen-bond donors (Lipinski definition) is 1. The molecular weight excluding hydrogens is 358 g/mol. The van der Waals surface area contributed by atoms with Crippen molar-refractivity contribution in [1.82, 2.24) is 0 Å². The van der Waals surface area contributed by atoms with E-state index in [1.165, 1.54) is 0 Å². The van der Waals surface area contributed by atoms with Crippen molar-refractivity contribution in [2.75, 3.05) is 0 Å². The molecule has 0 heterocycles. The van der Waals surface area contributed by atoms with E-state index in [-0.39, 0.29) is 0 Å². The third-order valence-electron chi connectivity index (χ3n) is 2.60. The van der Waals surface area contributed by atoms with Crippen molar-refractivity contribution in [3.05, 3.63) is 56.5 Å². The Morgan fingerprint density at radius 1 is 1.11 bits per heavy atom. The number of nitrogens with two attached hydrogens (primary N) is 1. The largest absolute Gasteiger partial charge is 0.457 e. The molecule has 0 unspecified atom stereocenters. The maximum Gasteiger partial charge on any atom is 0.131 e. The van der Waals surface area contributed by atoms with Crippen LogP contribution < -0.4 is 10.5 Å². The summed E-state index contributed by atoms with van der Waals surface area (Å²) in [5.41, 5.74) is 7.83. The smallest absolute Gasteiger partial charge is 0.131 e. The Bertz CT molecular complexity index is 570. The van der Waals surface area contributed by atoms with Gasteiger partial charge in [0.15, 0.2) is 0 Å². The van der Waals surface area contributed by atoms with Gasteiger partial charge in [0.1, 0.15) is 11.5 Å². The van der Waals surface area contributed by atoms with Crippen molar-refractivity contribution in [2.45, 2.75) is 13.5 Å². The fraction of sp³-hybridized carbons (Fsp3) is 0.143. The van der Waals surface area contributed by atoms with Crippen molar-refractivity contribution in [2.24, 2.45) is 5.73 Å². The maximum absolute atomic E-state index is 5.87. The highest BCUT2D eigenvalue weighted by molar-refractivity contribution is 9.10. The summed E-state index contributed by atoms with van der Waals surface area (Å²) in [6.07, 6.45) is 0. The summed E-state index contributed by atoms with van der Waals surface area (Å²) >= 11 is 6.90. The van der Waals surface area contributed by atoms with Crippen molar-refractivity contribution >= 4 is 31.9 Å². The summed E-state index contributed by atoms with van der Waals surface area (Å²) < 4.78 is 7.95. The third kappa shape index (κ3) is 3.13. The first-order valence-corrected chi connectivity index (χ1v) is 7.11. The van der Waals surface area contributed by atoms with Gasteiger partial charge in [-0.05, 0) is 48.9 Å². The van der Waals surface area contributed by atoms with Gasteiger partial charge in [-0.15, -0.1) is 0 Å². The molecule has 0 saturated heterocycles. The quantitative estimate of drug-likeness (QED) is 0.844. The third-order valence-corrected chi connectivity index (χ3v) is 3.98. The molecule has 2 aromatic rings. The van der Waals surface area contributed by atoms with Gasteiger partial charge in [0.25, 0.3) is 0 Å². The number of rotatable bonds is 3. The van der Waals surface area contributed by atoms with Gasteiger partial charge < -0.3 is 10.5 Å². The molecule has 0 spiro atoms. The van der Waals surface area contributed by atoms with Crippen LogP contribution in [-0.2, 0) is 6.54 Å². The lowest BCUT2D eigenvalue weighted by atomic mass is 10.2. The SMILES string of the molecule is Cc1cc(Oc2ccc(Br)cc2CN)ccc1Br. The van der Waals surface area contributed by atoms with E-state index in [1.54, 1.807) is 0 Å². The second-order valence-corrected chi connectivity index (χ2v) is 5.74. The van der Waals surface area contributed by atoms with Crippen LogP contribution in [0.3, 0.4) is 0 Å². The van der Waals surface area contributed by atoms with Gasteiger partial charge in [0.2, 0.25) is 0 Å². The van der Waals surface area contributed by atoms with Crippen LogP contribution >= 0.6 is 31.9 Å². The molecule has 18 heavy (non-hydrogen) atoms. The normalized spacial score (nSPS) is 10.4. The van der Waals surface area contributed by atoms with Gasteiger partial charge in [-0.1, -0.05) is 31.9 Å². The molecule has 0 atom stereocenters. The first-order valence-electron chi connectivity index (χ1n) is 5.52. The molecule has 4 heteroatoms. The van der Waals surface area contributed by atoms with E-state index in [0.717, 1.165) is 31.6 Å². The lowest BCUT2D eigenvalue weighted by Gasteiger charge is -2.11. The molecule has 94 valence electrons. The summed E-state index contributed by atoms with van der Waals surface area (Å²) in [7, 11) is 0. The molecular formula is C14H13Br2NO. The van der Waals surface area contributed by atoms with E-state index in [0.29, 0.717) is 6.54 Å². The van der Waals surface area contributed by atoms with E-state index in [9.17, 15) is 0 Å². The fourth-order valence-electron chi connectivity index (χ4n) is 1.61. The van der Waals surface area contributed by atoms with Crippen LogP contribution in [0.5, 0.6) is 11.5 Å². The predicted molar refractivity (Wildman–Crippen MR) is 81.0 cm³/mol. The van der Waals surface area contributed by atoms with Crippen molar-refractivity contribution in [1.29, 1.82) is 0 Å². The lowest BCUT2D eigenvalue weighted by molar-refractivity contribution is 0.476. The standard InChI is InChI=1S/C14H13Br2NO/c1-9-6-12(3-4-13(9)16)18-14-5-2-11(15)7-10(14)8-17/h2-7H,8,17H2,1H3. The molecule has 2 aromatic carbocycles. The molecule has 0 saturated carbocycles. The molecule has 0 aliphatic carbocycles. The first kappa shape index (κ1) is 13.6. The van der Waals surface area contributed by atoms with Crippen molar-refractivity contribution in [3.63, 3.8) is 0 Å². The highest BCUT2D eigenvalue weighted by Crippen LogP contribution is 2.29. The van der Waals surface area contributed by atoms with Gasteiger partial charge in [0, 0.05) is 21.1 Å². The summed E-state index contributed by atoms with van der Waals surface area (Å²) in [4.78, 5) is 0. The Hall–Kier alpha value is -0.840. The van der Waals surface area contributed by atoms with Crippen LogP contribution in [-0.4, -0.2) is 0 Å². The van der Waals surface area contributed by atoms with Gasteiger partial charge in [-0.2, -0.15) is 0 Å². The minimum atomic E-state index is 0.449. The number of benzene rings is 2. The van der Waals surface area contributed by atoms with Gasteiger partial charge in [0.05, 0.1) is 0 Å². The van der Waals surface area contributed by atoms with E-state index >= 15 is 0 Å². The van der Waals surface area contributed by atoms with E-state index in [1.807, 2.05) is 43.3 Å². The second kappa shape index (κ2) is 5.87. The molecule has 2 rings (SSSR count). The molecule has 0 radical (unpaired) electrons. The topological polar surface area (TPSA) is 35.2 Å². The molecule has 0 aliphatic heterocycles. The Balaban J connectivity index is 2.30. The zero-order valence-electron chi connectivity index (χ0n) is 9.91. The van der Waals surface area contributed by atoms with Crippen molar-refractivity contribution < 1.29 is 4.74 Å². The first-order chi connectivity index (χ1) is 8.60. The van der Waals surface area contributed by atoms with Crippen LogP contribution in [0.4, 0.5) is 0 Å². The molecule has 0 aromatic heterocycles. The van der Waals surface area contributed by atoms with E-state index in [4.69, 9.17) is 10.5 Å². The van der Waals surface area contributed by atoms with Gasteiger partial charge in [-0.25, -0.2) is 0 Å². The molecule has 0 fully saturated rings. The maximum atomic E-state index is 5.87. The summed E-state index contributed by atoms with van der Waals surface area (Å²) in [5, 5.41) is 0. The monoisotopic (exact) mass is 369 g/mol. The van der Waals surface area contributed by atoms with Crippen LogP contribution in [0.2, 0.25) is 0 Å². The zero-order chi connectivity index (χ0) is 13.1. The Morgan fingerprint density at radius 3 is 2.56 bits per heavy atom. The average molecular weight is 371 g/mol. The van der Waals surface area contributed by atoms with Crippen LogP contribution in [0.15, 0.2) is 45.3 Å². The molecule has 0 bridgehead atoms. The van der Waals surface area contributed by atoms with Gasteiger partial charge in [-0.3, -0.25) is 0 Å². The van der Waals surface area contributed by atoms with E-state index < -0.39 is 0 Å². The molecule has 2 N–H and O–H groups in total. The average Bonchev–Trinajstić information content (AvgIpc) is 2.36. The number of halogens is 2. The minimum absolute atomic E-state index is 0.449. The number of hydrogen-bond acceptors (Lipinski definition) is 2. The minimum Gasteiger partial charge on any atom is -0.457 e. The zero-order valence-corrected chi connectivity index (χ0v) is 13.1. The lowest BCUT2D eigenvalue weighted by Crippen LogP contribution is -1.99. The summed E-state index contributed by atoms with van der Waals surface area (Å²) in [6, 6.07) is 11.7. The van der Waals surface area contributed by atoms with Crippen molar-refractivity contribution in [3.8, 4) is 11.5 Å². The highest BCUT2D eigenvalue weighted by atomic mass is 79.9. The molecule has 0 amide bonds. The Labute approximate surface area is 123 Å². The Morgan fingerprint density at radius 2 is 1.89 bits per heavy atom. The Kier molecular flexibility index (Phi) is 4.43. The van der Waals surface area contributed by atoms with Crippen LogP contribution in [0.1, 0.15) is 11.1 Å². The second-order valence-electron chi connectivity index (χ2n) is 3.97. The number of ether oxygens (including phenoxy) is 1. The predicted octanol–water partition coefficient (Wildman–Crippen LogP) is 4.77. The summed E-state index contributed by atoms with van der Waals surface area (Å²) in [6.45, 7) is 2.48. The highest BCUT2D eigenvalue weighted by Gasteiger charge is 2.05. The summed E-state index contributed by atoms with van der Waals surface area (Å²) in [5.74, 6) is 1.61. The van der Waals surface area contributed by atoms with Gasteiger partial charge >= 0.3 is 0 Å². The fourth-order valence-corrected chi connectivity index (χ4v) is 2.27. The van der Waals surface area contributed by atoms with E-state index in [2.05, 4.69) is 31.9 Å². The molecule has 0 aliphatic rings. The van der Waals surface area contributed by atoms with Crippen LogP contribution in [0.25, 0.3) is 0 Å². The molecule has 2 nitrogen and oxygen atoms in total. The number of aryl methyl sites for hydroxylation is 1. The van der Waals surface area contributed by atoms with Crippen LogP contribution in [0, 0.1) is 6.92 Å².